The average molecular weight is 382 g/mol. The van der Waals surface area contributed by atoms with Crippen LogP contribution in [-0.4, -0.2) is 53.8 Å². The summed E-state index contributed by atoms with van der Waals surface area (Å²) in [6.07, 6.45) is 3.93. The first-order chi connectivity index (χ1) is 13.5. The van der Waals surface area contributed by atoms with Crippen LogP contribution in [0.1, 0.15) is 38.4 Å². The Labute approximate surface area is 164 Å². The molecule has 6 atom stereocenters. The lowest BCUT2D eigenvalue weighted by Gasteiger charge is -2.51. The number of ether oxygens (including phenoxy) is 3. The molecule has 4 aliphatic rings. The molecule has 6 rings (SSSR count). The predicted octanol–water partition coefficient (Wildman–Crippen LogP) is 3.10. The number of carbonyl (C=O) groups is 1. The first kappa shape index (κ1) is 17.9. The van der Waals surface area contributed by atoms with E-state index in [1.807, 2.05) is 24.3 Å². The second-order valence-corrected chi connectivity index (χ2v) is 8.29. The minimum absolute atomic E-state index is 0.0268. The van der Waals surface area contributed by atoms with Gasteiger partial charge >= 0.3 is 5.97 Å². The number of nitrogens with zero attached hydrogens (tertiary/aromatic N) is 2. The molecular weight excluding hydrogens is 356 g/mol. The summed E-state index contributed by atoms with van der Waals surface area (Å²) in [5.41, 5.74) is 1.90. The first-order valence-electron chi connectivity index (χ1n) is 10.0. The minimum atomic E-state index is -0.329. The van der Waals surface area contributed by atoms with Crippen molar-refractivity contribution in [1.82, 2.24) is 9.88 Å². The highest BCUT2D eigenvalue weighted by atomic mass is 16.6. The van der Waals surface area contributed by atoms with Gasteiger partial charge in [0, 0.05) is 30.6 Å². The topological polar surface area (TPSA) is 64.2 Å². The lowest BCUT2D eigenvalue weighted by molar-refractivity contribution is -0.155. The summed E-state index contributed by atoms with van der Waals surface area (Å²) in [6, 6.07) is 7.97. The number of esters is 1. The molecule has 1 spiro atoms. The van der Waals surface area contributed by atoms with E-state index in [-0.39, 0.29) is 23.7 Å². The van der Waals surface area contributed by atoms with Crippen molar-refractivity contribution in [2.24, 2.45) is 5.92 Å². The number of rotatable bonds is 4. The molecule has 6 heteroatoms. The van der Waals surface area contributed by atoms with Crippen LogP contribution in [-0.2, 0) is 14.3 Å². The maximum Gasteiger partial charge on any atom is 0.303 e. The van der Waals surface area contributed by atoms with Gasteiger partial charge in [0.05, 0.1) is 24.8 Å². The maximum atomic E-state index is 12.0. The number of fused-ring (bicyclic) bond motifs is 3. The van der Waals surface area contributed by atoms with Gasteiger partial charge in [-0.2, -0.15) is 0 Å². The van der Waals surface area contributed by atoms with E-state index in [4.69, 9.17) is 14.2 Å². The van der Waals surface area contributed by atoms with Gasteiger partial charge in [0.15, 0.2) is 0 Å². The van der Waals surface area contributed by atoms with Crippen molar-refractivity contribution in [3.8, 4) is 5.75 Å². The van der Waals surface area contributed by atoms with Gasteiger partial charge in [-0.25, -0.2) is 0 Å². The van der Waals surface area contributed by atoms with Gasteiger partial charge in [-0.3, -0.25) is 14.7 Å². The highest BCUT2D eigenvalue weighted by molar-refractivity contribution is 5.84. The number of carbonyl (C=O) groups excluding carboxylic acids is 1. The van der Waals surface area contributed by atoms with Gasteiger partial charge in [-0.1, -0.05) is 0 Å². The van der Waals surface area contributed by atoms with Crippen LogP contribution < -0.4 is 4.74 Å². The SMILES string of the molecule is COc1ccc2nccc([C@H](OC(C)=O)[C@H]3C[C@@H]4CCN3C[C@@]43O[C@H]3C)c2c1. The molecule has 2 bridgehead atoms. The number of pyridine rings is 1. The van der Waals surface area contributed by atoms with Gasteiger partial charge in [0.1, 0.15) is 17.5 Å². The van der Waals surface area contributed by atoms with Crippen LogP contribution in [0.15, 0.2) is 30.5 Å². The molecule has 5 heterocycles. The van der Waals surface area contributed by atoms with E-state index in [0.717, 1.165) is 48.1 Å². The summed E-state index contributed by atoms with van der Waals surface area (Å²) in [6.45, 7) is 5.61. The van der Waals surface area contributed by atoms with Crippen molar-refractivity contribution in [1.29, 1.82) is 0 Å². The predicted molar refractivity (Wildman–Crippen MR) is 104 cm³/mol. The Balaban J connectivity index is 1.55. The monoisotopic (exact) mass is 382 g/mol. The van der Waals surface area contributed by atoms with Crippen LogP contribution in [0.4, 0.5) is 0 Å². The maximum absolute atomic E-state index is 12.0. The Hall–Kier alpha value is -2.18. The van der Waals surface area contributed by atoms with Crippen LogP contribution in [0.2, 0.25) is 0 Å². The molecule has 0 amide bonds. The van der Waals surface area contributed by atoms with Crippen molar-refractivity contribution in [2.75, 3.05) is 20.2 Å². The number of hydrogen-bond acceptors (Lipinski definition) is 6. The standard InChI is InChI=1S/C22H26N2O4/c1-13-22(28-13)12-24-9-7-15(22)10-20(24)21(27-14(2)25)17-6-8-23-19-5-4-16(26-3)11-18(17)19/h4-6,8,11,13,15,20-21H,7,9-10,12H2,1-3H3/t13-,15-,20+,21-,22-/m0/s1. The fourth-order valence-corrected chi connectivity index (χ4v) is 5.39. The summed E-state index contributed by atoms with van der Waals surface area (Å²) in [5, 5.41) is 0.974. The highest BCUT2D eigenvalue weighted by Crippen LogP contribution is 2.55. The molecule has 2 aromatic rings. The third kappa shape index (κ3) is 2.70. The molecule has 148 valence electrons. The molecule has 28 heavy (non-hydrogen) atoms. The van der Waals surface area contributed by atoms with Gasteiger partial charge in [0.2, 0.25) is 0 Å². The van der Waals surface area contributed by atoms with Gasteiger partial charge in [-0.05, 0) is 56.5 Å². The summed E-state index contributed by atoms with van der Waals surface area (Å²) < 4.78 is 17.4. The highest BCUT2D eigenvalue weighted by Gasteiger charge is 2.65. The molecule has 1 aromatic carbocycles. The lowest BCUT2D eigenvalue weighted by Crippen LogP contribution is -2.60. The molecule has 4 aliphatic heterocycles. The van der Waals surface area contributed by atoms with E-state index in [2.05, 4.69) is 16.8 Å². The number of aromatic nitrogens is 1. The fourth-order valence-electron chi connectivity index (χ4n) is 5.39. The minimum Gasteiger partial charge on any atom is -0.497 e. The van der Waals surface area contributed by atoms with Crippen LogP contribution >= 0.6 is 0 Å². The van der Waals surface area contributed by atoms with Crippen molar-refractivity contribution in [3.05, 3.63) is 36.0 Å². The molecular formula is C22H26N2O4. The Morgan fingerprint density at radius 1 is 1.39 bits per heavy atom. The van der Waals surface area contributed by atoms with Crippen molar-refractivity contribution >= 4 is 16.9 Å². The van der Waals surface area contributed by atoms with Crippen LogP contribution in [0.25, 0.3) is 10.9 Å². The van der Waals surface area contributed by atoms with E-state index in [0.29, 0.717) is 12.0 Å². The zero-order valence-electron chi connectivity index (χ0n) is 16.6. The van der Waals surface area contributed by atoms with E-state index < -0.39 is 0 Å². The van der Waals surface area contributed by atoms with Crippen molar-refractivity contribution in [2.45, 2.75) is 50.5 Å². The first-order valence-corrected chi connectivity index (χ1v) is 10.0. The molecule has 0 aliphatic carbocycles. The van der Waals surface area contributed by atoms with Gasteiger partial charge in [0.25, 0.3) is 0 Å². The molecule has 0 N–H and O–H groups in total. The smallest absolute Gasteiger partial charge is 0.303 e. The number of epoxide rings is 1. The quantitative estimate of drug-likeness (QED) is 0.598. The average Bonchev–Trinajstić information content (AvgIpc) is 3.33. The Kier molecular flexibility index (Phi) is 4.10. The fraction of sp³-hybridized carbons (Fsp3) is 0.545. The van der Waals surface area contributed by atoms with Crippen LogP contribution in [0.5, 0.6) is 5.75 Å². The molecule has 6 nitrogen and oxygen atoms in total. The Morgan fingerprint density at radius 2 is 2.21 bits per heavy atom. The third-order valence-corrected chi connectivity index (χ3v) is 6.86. The third-order valence-electron chi connectivity index (χ3n) is 6.86. The summed E-state index contributed by atoms with van der Waals surface area (Å²) in [5.74, 6) is 1.04. The van der Waals surface area contributed by atoms with E-state index in [1.165, 1.54) is 6.92 Å². The number of methoxy groups -OCH3 is 1. The second-order valence-electron chi connectivity index (χ2n) is 8.29. The molecule has 1 unspecified atom stereocenters. The zero-order chi connectivity index (χ0) is 19.5. The summed E-state index contributed by atoms with van der Waals surface area (Å²) in [7, 11) is 1.66. The van der Waals surface area contributed by atoms with E-state index in [9.17, 15) is 4.79 Å². The van der Waals surface area contributed by atoms with Gasteiger partial charge in [-0.15, -0.1) is 0 Å². The van der Waals surface area contributed by atoms with Crippen molar-refractivity contribution < 1.29 is 19.0 Å². The van der Waals surface area contributed by atoms with Crippen LogP contribution in [0.3, 0.4) is 0 Å². The van der Waals surface area contributed by atoms with Gasteiger partial charge < -0.3 is 14.2 Å². The Bertz CT molecular complexity index is 932. The van der Waals surface area contributed by atoms with E-state index in [1.54, 1.807) is 13.3 Å². The van der Waals surface area contributed by atoms with Crippen molar-refractivity contribution in [3.63, 3.8) is 0 Å². The second kappa shape index (κ2) is 6.42. The molecule has 0 saturated carbocycles. The molecule has 0 radical (unpaired) electrons. The number of benzene rings is 1. The lowest BCUT2D eigenvalue weighted by atomic mass is 9.72. The van der Waals surface area contributed by atoms with Crippen LogP contribution in [0, 0.1) is 5.92 Å². The summed E-state index contributed by atoms with van der Waals surface area (Å²) in [4.78, 5) is 19.0. The molecule has 4 saturated heterocycles. The number of piperidine rings is 3. The van der Waals surface area contributed by atoms with E-state index >= 15 is 0 Å². The molecule has 1 aromatic heterocycles. The zero-order valence-corrected chi connectivity index (χ0v) is 16.6. The molecule has 4 fully saturated rings. The Morgan fingerprint density at radius 3 is 2.86 bits per heavy atom. The number of hydrogen-bond donors (Lipinski definition) is 0. The largest absolute Gasteiger partial charge is 0.497 e. The normalized spacial score (nSPS) is 34.4. The summed E-state index contributed by atoms with van der Waals surface area (Å²) >= 11 is 0.